The number of H-pyrrole nitrogens is 1. The van der Waals surface area contributed by atoms with E-state index in [4.69, 9.17) is 4.42 Å². The second-order valence-corrected chi connectivity index (χ2v) is 4.10. The molecule has 3 rings (SSSR count). The first-order valence-electron chi connectivity index (χ1n) is 5.82. The van der Waals surface area contributed by atoms with Crippen molar-refractivity contribution in [3.05, 3.63) is 50.4 Å². The number of nitrogens with one attached hydrogen (secondary N) is 2. The zero-order valence-corrected chi connectivity index (χ0v) is 10.6. The molecule has 0 radical (unpaired) electrons. The molecular formula is C11H6N6O5. The molecule has 1 amide bonds. The van der Waals surface area contributed by atoms with Gasteiger partial charge in [-0.15, -0.1) is 5.10 Å². The second kappa shape index (κ2) is 5.05. The lowest BCUT2D eigenvalue weighted by atomic mass is 10.2. The number of fused-ring (bicyclic) bond motifs is 1. The van der Waals surface area contributed by atoms with Crippen LogP contribution in [-0.4, -0.2) is 31.5 Å². The third-order valence-electron chi connectivity index (χ3n) is 2.72. The molecule has 0 aliphatic carbocycles. The number of amides is 1. The van der Waals surface area contributed by atoms with Gasteiger partial charge in [0, 0.05) is 18.2 Å². The van der Waals surface area contributed by atoms with Gasteiger partial charge in [-0.25, -0.2) is 0 Å². The summed E-state index contributed by atoms with van der Waals surface area (Å²) in [7, 11) is 0. The highest BCUT2D eigenvalue weighted by Gasteiger charge is 2.16. The Balaban J connectivity index is 2.02. The smallest absolute Gasteiger partial charge is 0.293 e. The Bertz CT molecular complexity index is 932. The number of rotatable bonds is 3. The van der Waals surface area contributed by atoms with E-state index in [1.807, 2.05) is 0 Å². The fourth-order valence-electron chi connectivity index (χ4n) is 1.75. The maximum atomic E-state index is 12.0. The number of nitro groups is 1. The molecule has 0 fully saturated rings. The molecule has 11 nitrogen and oxygen atoms in total. The molecule has 2 N–H and O–H groups in total. The Kier molecular flexibility index (Phi) is 3.06. The molecule has 0 aliphatic heterocycles. The lowest BCUT2D eigenvalue weighted by Gasteiger charge is -2.02. The van der Waals surface area contributed by atoms with Crippen molar-refractivity contribution in [2.45, 2.75) is 0 Å². The van der Waals surface area contributed by atoms with E-state index in [0.29, 0.717) is 0 Å². The molecule has 2 heterocycles. The van der Waals surface area contributed by atoms with Crippen LogP contribution in [0.25, 0.3) is 11.0 Å². The van der Waals surface area contributed by atoms with Crippen molar-refractivity contribution in [1.82, 2.24) is 20.6 Å². The summed E-state index contributed by atoms with van der Waals surface area (Å²) in [4.78, 5) is 33.9. The van der Waals surface area contributed by atoms with E-state index in [9.17, 15) is 19.7 Å². The Morgan fingerprint density at radius 3 is 2.86 bits per heavy atom. The number of non-ortho nitro benzene ring substituents is 1. The normalized spacial score (nSPS) is 10.5. The average Bonchev–Trinajstić information content (AvgIpc) is 2.99. The van der Waals surface area contributed by atoms with E-state index in [1.54, 1.807) is 0 Å². The number of nitrogens with zero attached hydrogens (tertiary/aromatic N) is 4. The van der Waals surface area contributed by atoms with Gasteiger partial charge in [-0.3, -0.25) is 25.0 Å². The summed E-state index contributed by atoms with van der Waals surface area (Å²) in [6.45, 7) is 0. The molecule has 3 aromatic rings. The van der Waals surface area contributed by atoms with Crippen molar-refractivity contribution < 1.29 is 14.1 Å². The van der Waals surface area contributed by atoms with E-state index in [-0.39, 0.29) is 28.4 Å². The molecule has 0 spiro atoms. The maximum Gasteiger partial charge on any atom is 0.293 e. The Hall–Kier alpha value is -3.63. The molecule has 1 aromatic carbocycles. The number of hydrogen-bond acceptors (Lipinski definition) is 8. The third-order valence-corrected chi connectivity index (χ3v) is 2.72. The minimum Gasteiger partial charge on any atom is -0.451 e. The van der Waals surface area contributed by atoms with Crippen molar-refractivity contribution in [1.29, 1.82) is 0 Å². The molecule has 110 valence electrons. The first kappa shape index (κ1) is 13.4. The first-order chi connectivity index (χ1) is 10.5. The highest BCUT2D eigenvalue weighted by Crippen LogP contribution is 2.19. The monoisotopic (exact) mass is 302 g/mol. The quantitative estimate of drug-likeness (QED) is 0.522. The second-order valence-electron chi connectivity index (χ2n) is 4.10. The van der Waals surface area contributed by atoms with Gasteiger partial charge in [0.25, 0.3) is 17.5 Å². The predicted molar refractivity (Wildman–Crippen MR) is 71.3 cm³/mol. The van der Waals surface area contributed by atoms with E-state index < -0.39 is 16.3 Å². The van der Waals surface area contributed by atoms with Crippen molar-refractivity contribution in [3.63, 3.8) is 0 Å². The number of hydrogen-bond donors (Lipinski definition) is 2. The van der Waals surface area contributed by atoms with Crippen molar-refractivity contribution >= 4 is 28.5 Å². The highest BCUT2D eigenvalue weighted by molar-refractivity contribution is 6.01. The van der Waals surface area contributed by atoms with Gasteiger partial charge in [-0.2, -0.15) is 5.21 Å². The van der Waals surface area contributed by atoms with Gasteiger partial charge in [-0.05, 0) is 11.3 Å². The number of carbonyl (C=O) groups excluding carboxylic acids is 1. The van der Waals surface area contributed by atoms with Crippen LogP contribution in [0.5, 0.6) is 0 Å². The largest absolute Gasteiger partial charge is 0.451 e. The highest BCUT2D eigenvalue weighted by atomic mass is 16.6. The van der Waals surface area contributed by atoms with E-state index in [0.717, 1.165) is 12.1 Å². The molecule has 0 saturated heterocycles. The summed E-state index contributed by atoms with van der Waals surface area (Å²) >= 11 is 0. The Labute approximate surface area is 120 Å². The lowest BCUT2D eigenvalue weighted by molar-refractivity contribution is -0.384. The third kappa shape index (κ3) is 2.37. The van der Waals surface area contributed by atoms with Crippen LogP contribution in [0.1, 0.15) is 10.6 Å². The van der Waals surface area contributed by atoms with Crippen molar-refractivity contribution in [2.24, 2.45) is 0 Å². The molecule has 0 aliphatic rings. The van der Waals surface area contributed by atoms with Crippen LogP contribution in [0.15, 0.2) is 33.5 Å². The summed E-state index contributed by atoms with van der Waals surface area (Å²) in [5.74, 6) is -1.12. The summed E-state index contributed by atoms with van der Waals surface area (Å²) in [5, 5.41) is 25.4. The average molecular weight is 302 g/mol. The zero-order chi connectivity index (χ0) is 15.7. The molecule has 0 bridgehead atoms. The van der Waals surface area contributed by atoms with Crippen LogP contribution in [0.3, 0.4) is 0 Å². The van der Waals surface area contributed by atoms with Crippen LogP contribution < -0.4 is 10.7 Å². The number of anilines is 1. The molecular weight excluding hydrogens is 296 g/mol. The fraction of sp³-hybridized carbons (Fsp3) is 0. The number of carbonyl (C=O) groups is 1. The summed E-state index contributed by atoms with van der Waals surface area (Å²) < 4.78 is 5.27. The van der Waals surface area contributed by atoms with Crippen molar-refractivity contribution in [2.75, 3.05) is 5.32 Å². The van der Waals surface area contributed by atoms with E-state index in [2.05, 4.69) is 25.9 Å². The first-order valence-corrected chi connectivity index (χ1v) is 5.82. The van der Waals surface area contributed by atoms with Crippen LogP contribution in [0, 0.1) is 10.1 Å². The molecule has 0 unspecified atom stereocenters. The maximum absolute atomic E-state index is 12.0. The zero-order valence-electron chi connectivity index (χ0n) is 10.6. The molecule has 2 aromatic heterocycles. The number of aromatic amines is 1. The number of tetrazole rings is 1. The van der Waals surface area contributed by atoms with E-state index in [1.165, 1.54) is 12.1 Å². The standard InChI is InChI=1S/C11H6N6O5/c18-7-4-9(10(19)12-11-13-15-16-14-11)22-8-2-1-5(17(20)21)3-6(7)8/h1-4H,(H2,12,13,14,15,16,19). The molecule has 22 heavy (non-hydrogen) atoms. The number of benzene rings is 1. The topological polar surface area (TPSA) is 157 Å². The summed E-state index contributed by atoms with van der Waals surface area (Å²) in [5.41, 5.74) is -0.775. The summed E-state index contributed by atoms with van der Waals surface area (Å²) in [6.07, 6.45) is 0. The Morgan fingerprint density at radius 2 is 2.18 bits per heavy atom. The molecule has 0 atom stereocenters. The van der Waals surface area contributed by atoms with Gasteiger partial charge in [0.05, 0.1) is 10.3 Å². The van der Waals surface area contributed by atoms with Crippen LogP contribution in [-0.2, 0) is 0 Å². The van der Waals surface area contributed by atoms with Gasteiger partial charge in [0.15, 0.2) is 11.2 Å². The van der Waals surface area contributed by atoms with E-state index >= 15 is 0 Å². The van der Waals surface area contributed by atoms with Crippen LogP contribution >= 0.6 is 0 Å². The fourth-order valence-corrected chi connectivity index (χ4v) is 1.75. The van der Waals surface area contributed by atoms with Gasteiger partial charge < -0.3 is 4.42 Å². The van der Waals surface area contributed by atoms with Crippen LogP contribution in [0.2, 0.25) is 0 Å². The van der Waals surface area contributed by atoms with Gasteiger partial charge in [0.2, 0.25) is 0 Å². The number of nitro benzene ring substituents is 1. The Morgan fingerprint density at radius 1 is 1.36 bits per heavy atom. The predicted octanol–water partition coefficient (Wildman–Crippen LogP) is 0.467. The minimum absolute atomic E-state index is 0.00492. The van der Waals surface area contributed by atoms with Crippen molar-refractivity contribution in [3.8, 4) is 0 Å². The summed E-state index contributed by atoms with van der Waals surface area (Å²) in [6, 6.07) is 4.44. The lowest BCUT2D eigenvalue weighted by Crippen LogP contribution is -2.15. The SMILES string of the molecule is O=C(Nc1nn[nH]n1)c1cc(=O)c2cc([N+](=O)[O-])ccc2o1. The number of aromatic nitrogens is 4. The van der Waals surface area contributed by atoms with Gasteiger partial charge in [0.1, 0.15) is 5.58 Å². The molecule has 11 heteroatoms. The van der Waals surface area contributed by atoms with Gasteiger partial charge >= 0.3 is 0 Å². The van der Waals surface area contributed by atoms with Gasteiger partial charge in [-0.1, -0.05) is 5.10 Å². The van der Waals surface area contributed by atoms with Crippen LogP contribution in [0.4, 0.5) is 11.6 Å². The molecule has 0 saturated carbocycles. The minimum atomic E-state index is -0.751.